The summed E-state index contributed by atoms with van der Waals surface area (Å²) < 4.78 is 38.9. The van der Waals surface area contributed by atoms with Gasteiger partial charge in [0.2, 0.25) is 15.9 Å². The molecule has 0 bridgehead atoms. The third-order valence-electron chi connectivity index (χ3n) is 3.99. The second-order valence-electron chi connectivity index (χ2n) is 5.96. The summed E-state index contributed by atoms with van der Waals surface area (Å²) in [6.45, 7) is 1.73. The monoisotopic (exact) mass is 401 g/mol. The van der Waals surface area contributed by atoms with Gasteiger partial charge in [0.1, 0.15) is 0 Å². The van der Waals surface area contributed by atoms with Crippen molar-refractivity contribution in [2.45, 2.75) is 24.9 Å². The van der Waals surface area contributed by atoms with Crippen LogP contribution in [-0.4, -0.2) is 28.1 Å². The number of aromatic nitrogens is 4. The van der Waals surface area contributed by atoms with Crippen molar-refractivity contribution in [1.82, 2.24) is 24.4 Å². The van der Waals surface area contributed by atoms with Crippen molar-refractivity contribution >= 4 is 21.1 Å². The van der Waals surface area contributed by atoms with Crippen molar-refractivity contribution in [1.29, 1.82) is 0 Å². The molecule has 4 aromatic rings. The van der Waals surface area contributed by atoms with Crippen LogP contribution in [0.1, 0.15) is 17.4 Å². The zero-order chi connectivity index (χ0) is 19.7. The first-order valence-corrected chi connectivity index (χ1v) is 9.73. The summed E-state index contributed by atoms with van der Waals surface area (Å²) in [4.78, 5) is 20.3. The van der Waals surface area contributed by atoms with Crippen LogP contribution in [-0.2, 0) is 23.1 Å². The minimum atomic E-state index is -3.81. The maximum Gasteiger partial charge on any atom is 0.420 e. The van der Waals surface area contributed by atoms with Crippen LogP contribution in [0.15, 0.2) is 61.2 Å². The first-order valence-electron chi connectivity index (χ1n) is 8.24. The Kier molecular flexibility index (Phi) is 4.53. The number of pyridine rings is 1. The lowest BCUT2D eigenvalue weighted by Gasteiger charge is -2.06. The number of hydrogen-bond donors (Lipinski definition) is 1. The number of fused-ring (bicyclic) bond motifs is 1. The average Bonchev–Trinajstić information content (AvgIpc) is 3.23. The Morgan fingerprint density at radius 1 is 1.21 bits per heavy atom. The molecule has 0 saturated carbocycles. The van der Waals surface area contributed by atoms with Crippen LogP contribution < -0.4 is 10.5 Å². The highest BCUT2D eigenvalue weighted by Crippen LogP contribution is 2.19. The van der Waals surface area contributed by atoms with E-state index in [2.05, 4.69) is 19.8 Å². The molecule has 0 atom stereocenters. The second kappa shape index (κ2) is 7.02. The molecule has 10 nitrogen and oxygen atoms in total. The number of aryl methyl sites for hydroxylation is 1. The van der Waals surface area contributed by atoms with E-state index in [9.17, 15) is 13.2 Å². The maximum absolute atomic E-state index is 12.5. The van der Waals surface area contributed by atoms with E-state index in [1.807, 2.05) is 0 Å². The Morgan fingerprint density at radius 3 is 2.79 bits per heavy atom. The van der Waals surface area contributed by atoms with Crippen LogP contribution >= 0.6 is 0 Å². The first kappa shape index (κ1) is 18.1. The predicted octanol–water partition coefficient (Wildman–Crippen LogP) is 1.21. The van der Waals surface area contributed by atoms with Gasteiger partial charge in [-0.2, -0.15) is 4.98 Å². The topological polar surface area (TPSA) is 133 Å². The summed E-state index contributed by atoms with van der Waals surface area (Å²) in [6, 6.07) is 9.43. The van der Waals surface area contributed by atoms with Crippen molar-refractivity contribution in [2.24, 2.45) is 0 Å². The fraction of sp³-hybridized carbons (Fsp3) is 0.176. The smallest absolute Gasteiger partial charge is 0.408 e. The number of nitrogens with one attached hydrogen (secondary N) is 1. The first-order chi connectivity index (χ1) is 13.4. The lowest BCUT2D eigenvalue weighted by Crippen LogP contribution is -2.23. The SMILES string of the molecule is Cc1nc(Cn2c(=O)oc3cc(S(=O)(=O)NCc4ccccn4)ccc32)no1. The average molecular weight is 401 g/mol. The fourth-order valence-corrected chi connectivity index (χ4v) is 3.68. The van der Waals surface area contributed by atoms with E-state index in [0.717, 1.165) is 0 Å². The number of oxazole rings is 1. The third kappa shape index (κ3) is 3.57. The molecule has 0 fully saturated rings. The Labute approximate surface area is 158 Å². The second-order valence-corrected chi connectivity index (χ2v) is 7.73. The number of benzene rings is 1. The normalized spacial score (nSPS) is 11.9. The highest BCUT2D eigenvalue weighted by atomic mass is 32.2. The van der Waals surface area contributed by atoms with Crippen LogP contribution in [0.5, 0.6) is 0 Å². The summed E-state index contributed by atoms with van der Waals surface area (Å²) in [5, 5.41) is 3.75. The molecule has 144 valence electrons. The van der Waals surface area contributed by atoms with Crippen LogP contribution in [0.2, 0.25) is 0 Å². The van der Waals surface area contributed by atoms with Crippen LogP contribution in [0.3, 0.4) is 0 Å². The molecule has 1 aromatic carbocycles. The minimum absolute atomic E-state index is 0.0211. The molecule has 3 aromatic heterocycles. The third-order valence-corrected chi connectivity index (χ3v) is 5.39. The fourth-order valence-electron chi connectivity index (χ4n) is 2.67. The summed E-state index contributed by atoms with van der Waals surface area (Å²) >= 11 is 0. The maximum atomic E-state index is 12.5. The molecule has 1 N–H and O–H groups in total. The van der Waals surface area contributed by atoms with E-state index in [0.29, 0.717) is 22.9 Å². The molecule has 4 rings (SSSR count). The molecule has 0 saturated heterocycles. The molecular formula is C17H15N5O5S. The number of sulfonamides is 1. The molecule has 0 aliphatic carbocycles. The zero-order valence-electron chi connectivity index (χ0n) is 14.7. The molecule has 0 spiro atoms. The van der Waals surface area contributed by atoms with E-state index in [-0.39, 0.29) is 23.6 Å². The van der Waals surface area contributed by atoms with E-state index in [4.69, 9.17) is 8.94 Å². The van der Waals surface area contributed by atoms with Crippen molar-refractivity contribution in [3.8, 4) is 0 Å². The number of nitrogens with zero attached hydrogens (tertiary/aromatic N) is 4. The number of hydrogen-bond acceptors (Lipinski definition) is 8. The Hall–Kier alpha value is -3.31. The minimum Gasteiger partial charge on any atom is -0.408 e. The highest BCUT2D eigenvalue weighted by Gasteiger charge is 2.18. The van der Waals surface area contributed by atoms with Crippen LogP contribution in [0, 0.1) is 6.92 Å². The molecule has 28 heavy (non-hydrogen) atoms. The van der Waals surface area contributed by atoms with E-state index >= 15 is 0 Å². The van der Waals surface area contributed by atoms with Gasteiger partial charge in [-0.1, -0.05) is 11.2 Å². The van der Waals surface area contributed by atoms with Gasteiger partial charge in [0.15, 0.2) is 11.4 Å². The van der Waals surface area contributed by atoms with Gasteiger partial charge in [-0.05, 0) is 24.3 Å². The summed E-state index contributed by atoms with van der Waals surface area (Å²) in [5.41, 5.74) is 1.15. The lowest BCUT2D eigenvalue weighted by atomic mass is 10.3. The zero-order valence-corrected chi connectivity index (χ0v) is 15.5. The Balaban J connectivity index is 1.62. The van der Waals surface area contributed by atoms with Gasteiger partial charge in [0.05, 0.1) is 29.2 Å². The van der Waals surface area contributed by atoms with Gasteiger partial charge < -0.3 is 8.94 Å². The lowest BCUT2D eigenvalue weighted by molar-refractivity contribution is 0.385. The molecule has 0 amide bonds. The van der Waals surface area contributed by atoms with Gasteiger partial charge >= 0.3 is 5.76 Å². The molecule has 0 aliphatic heterocycles. The standard InChI is InChI=1S/C17H15N5O5S/c1-11-20-16(21-27-11)10-22-14-6-5-13(8-15(14)26-17(22)23)28(24,25)19-9-12-4-2-3-7-18-12/h2-8,19H,9-10H2,1H3. The van der Waals surface area contributed by atoms with Crippen LogP contribution in [0.25, 0.3) is 11.1 Å². The highest BCUT2D eigenvalue weighted by molar-refractivity contribution is 7.89. The van der Waals surface area contributed by atoms with Gasteiger partial charge in [-0.3, -0.25) is 9.55 Å². The Bertz CT molecular complexity index is 1290. The van der Waals surface area contributed by atoms with Crippen molar-refractivity contribution in [3.05, 3.63) is 70.6 Å². The van der Waals surface area contributed by atoms with Crippen molar-refractivity contribution < 1.29 is 17.4 Å². The van der Waals surface area contributed by atoms with Gasteiger partial charge in [-0.15, -0.1) is 0 Å². The molecular weight excluding hydrogens is 386 g/mol. The number of rotatable bonds is 6. The summed E-state index contributed by atoms with van der Waals surface area (Å²) in [5.74, 6) is 0.0488. The quantitative estimate of drug-likeness (QED) is 0.510. The largest absolute Gasteiger partial charge is 0.420 e. The molecule has 3 heterocycles. The van der Waals surface area contributed by atoms with E-state index < -0.39 is 15.8 Å². The van der Waals surface area contributed by atoms with E-state index in [1.54, 1.807) is 31.3 Å². The van der Waals surface area contributed by atoms with Gasteiger partial charge in [0, 0.05) is 19.2 Å². The van der Waals surface area contributed by atoms with Gasteiger partial charge in [0.25, 0.3) is 0 Å². The molecule has 0 aliphatic rings. The predicted molar refractivity (Wildman–Crippen MR) is 96.9 cm³/mol. The summed E-state index contributed by atoms with van der Waals surface area (Å²) in [6.07, 6.45) is 1.58. The van der Waals surface area contributed by atoms with Crippen molar-refractivity contribution in [2.75, 3.05) is 0 Å². The summed E-state index contributed by atoms with van der Waals surface area (Å²) in [7, 11) is -3.81. The molecule has 11 heteroatoms. The van der Waals surface area contributed by atoms with E-state index in [1.165, 1.54) is 22.8 Å². The molecule has 0 radical (unpaired) electrons. The van der Waals surface area contributed by atoms with Gasteiger partial charge in [-0.25, -0.2) is 17.9 Å². The Morgan fingerprint density at radius 2 is 2.07 bits per heavy atom. The van der Waals surface area contributed by atoms with Crippen LogP contribution in [0.4, 0.5) is 0 Å². The van der Waals surface area contributed by atoms with Crippen molar-refractivity contribution in [3.63, 3.8) is 0 Å². The molecule has 0 unspecified atom stereocenters.